The molecule has 1 aromatic carbocycles. The van der Waals surface area contributed by atoms with Gasteiger partial charge < -0.3 is 5.32 Å². The standard InChI is InChI=1S/C13H15ClF4N2/c1-19-12(7-20-5-9(15)6-20)8-2-3-11(14)10(4-8)13(16,17)18/h2-4,9,12,19H,5-7H2,1H3. The first-order valence-corrected chi connectivity index (χ1v) is 6.59. The lowest BCUT2D eigenvalue weighted by Crippen LogP contribution is -2.51. The Hall–Kier alpha value is -0.850. The van der Waals surface area contributed by atoms with Crippen molar-refractivity contribution in [2.45, 2.75) is 18.4 Å². The molecule has 1 atom stereocenters. The summed E-state index contributed by atoms with van der Waals surface area (Å²) in [4.78, 5) is 1.85. The molecule has 0 bridgehead atoms. The molecular weight excluding hydrogens is 296 g/mol. The smallest absolute Gasteiger partial charge is 0.312 e. The highest BCUT2D eigenvalue weighted by atomic mass is 35.5. The summed E-state index contributed by atoms with van der Waals surface area (Å²) in [6.07, 6.45) is -5.31. The van der Waals surface area contributed by atoms with E-state index >= 15 is 0 Å². The number of alkyl halides is 4. The second-order valence-electron chi connectivity index (χ2n) is 4.89. The van der Waals surface area contributed by atoms with Crippen LogP contribution in [0.5, 0.6) is 0 Å². The molecule has 7 heteroatoms. The molecule has 1 saturated heterocycles. The van der Waals surface area contributed by atoms with E-state index in [4.69, 9.17) is 11.6 Å². The second kappa shape index (κ2) is 5.87. The fourth-order valence-corrected chi connectivity index (χ4v) is 2.48. The van der Waals surface area contributed by atoms with Gasteiger partial charge in [0.25, 0.3) is 0 Å². The number of hydrogen-bond donors (Lipinski definition) is 1. The van der Waals surface area contributed by atoms with Gasteiger partial charge in [-0.3, -0.25) is 4.90 Å². The van der Waals surface area contributed by atoms with E-state index in [0.717, 1.165) is 6.07 Å². The van der Waals surface area contributed by atoms with Crippen molar-refractivity contribution in [2.75, 3.05) is 26.7 Å². The minimum Gasteiger partial charge on any atom is -0.312 e. The molecule has 2 nitrogen and oxygen atoms in total. The summed E-state index contributed by atoms with van der Waals surface area (Å²) in [7, 11) is 1.67. The molecule has 0 spiro atoms. The normalized spacial score (nSPS) is 18.9. The zero-order valence-electron chi connectivity index (χ0n) is 10.8. The van der Waals surface area contributed by atoms with E-state index in [-0.39, 0.29) is 11.1 Å². The van der Waals surface area contributed by atoms with Gasteiger partial charge in [0, 0.05) is 25.7 Å². The molecule has 2 rings (SSSR count). The molecule has 0 radical (unpaired) electrons. The van der Waals surface area contributed by atoms with Crippen LogP contribution in [0, 0.1) is 0 Å². The van der Waals surface area contributed by atoms with Crippen LogP contribution < -0.4 is 5.32 Å². The van der Waals surface area contributed by atoms with Crippen molar-refractivity contribution in [3.8, 4) is 0 Å². The van der Waals surface area contributed by atoms with Crippen molar-refractivity contribution in [1.29, 1.82) is 0 Å². The first-order valence-electron chi connectivity index (χ1n) is 6.21. The summed E-state index contributed by atoms with van der Waals surface area (Å²) in [5.41, 5.74) is -0.351. The highest BCUT2D eigenvalue weighted by molar-refractivity contribution is 6.31. The van der Waals surface area contributed by atoms with Crippen LogP contribution in [0.1, 0.15) is 17.2 Å². The lowest BCUT2D eigenvalue weighted by Gasteiger charge is -2.37. The summed E-state index contributed by atoms with van der Waals surface area (Å²) in [6.45, 7) is 1.13. The molecule has 1 fully saturated rings. The number of halogens is 5. The van der Waals surface area contributed by atoms with E-state index in [1.807, 2.05) is 4.90 Å². The summed E-state index contributed by atoms with van der Waals surface area (Å²) in [5, 5.41) is 2.64. The minimum absolute atomic E-state index is 0.291. The number of hydrogen-bond acceptors (Lipinski definition) is 2. The summed E-state index contributed by atoms with van der Waals surface area (Å²) in [5.74, 6) is 0. The molecular formula is C13H15ClF4N2. The monoisotopic (exact) mass is 310 g/mol. The largest absolute Gasteiger partial charge is 0.417 e. The summed E-state index contributed by atoms with van der Waals surface area (Å²) in [6, 6.07) is 3.57. The molecule has 1 aromatic rings. The van der Waals surface area contributed by atoms with Gasteiger partial charge in [-0.15, -0.1) is 0 Å². The van der Waals surface area contributed by atoms with Crippen molar-refractivity contribution in [1.82, 2.24) is 10.2 Å². The fourth-order valence-electron chi connectivity index (χ4n) is 2.25. The third-order valence-corrected chi connectivity index (χ3v) is 3.73. The molecule has 112 valence electrons. The molecule has 0 aliphatic carbocycles. The summed E-state index contributed by atoms with van der Waals surface area (Å²) >= 11 is 5.59. The van der Waals surface area contributed by atoms with Crippen LogP contribution >= 0.6 is 11.6 Å². The summed E-state index contributed by atoms with van der Waals surface area (Å²) < 4.78 is 51.2. The van der Waals surface area contributed by atoms with Crippen molar-refractivity contribution >= 4 is 11.6 Å². The molecule has 20 heavy (non-hydrogen) atoms. The molecule has 1 aliphatic rings. The predicted octanol–water partition coefficient (Wildman–Crippen LogP) is 3.27. The highest BCUT2D eigenvalue weighted by Crippen LogP contribution is 2.36. The Labute approximate surface area is 119 Å². The van der Waals surface area contributed by atoms with Gasteiger partial charge in [-0.25, -0.2) is 4.39 Å². The van der Waals surface area contributed by atoms with Gasteiger partial charge in [0.1, 0.15) is 6.17 Å². The van der Waals surface area contributed by atoms with Gasteiger partial charge in [0.05, 0.1) is 10.6 Å². The minimum atomic E-state index is -4.48. The molecule has 0 amide bonds. The third kappa shape index (κ3) is 3.42. The molecule has 1 aliphatic heterocycles. The average Bonchev–Trinajstić information content (AvgIpc) is 2.32. The van der Waals surface area contributed by atoms with Crippen LogP contribution in [-0.2, 0) is 6.18 Å². The average molecular weight is 311 g/mol. The van der Waals surface area contributed by atoms with Crippen molar-refractivity contribution < 1.29 is 17.6 Å². The Morgan fingerprint density at radius 1 is 1.40 bits per heavy atom. The Bertz CT molecular complexity index is 472. The van der Waals surface area contributed by atoms with Crippen LogP contribution in [0.4, 0.5) is 17.6 Å². The highest BCUT2D eigenvalue weighted by Gasteiger charge is 2.34. The lowest BCUT2D eigenvalue weighted by atomic mass is 10.0. The lowest BCUT2D eigenvalue weighted by molar-refractivity contribution is -0.137. The van der Waals surface area contributed by atoms with Crippen molar-refractivity contribution in [3.05, 3.63) is 34.3 Å². The van der Waals surface area contributed by atoms with Gasteiger partial charge in [0.15, 0.2) is 0 Å². The van der Waals surface area contributed by atoms with Crippen molar-refractivity contribution in [2.24, 2.45) is 0 Å². The Morgan fingerprint density at radius 3 is 2.55 bits per heavy atom. The first-order chi connectivity index (χ1) is 9.31. The first kappa shape index (κ1) is 15.5. The molecule has 0 aromatic heterocycles. The van der Waals surface area contributed by atoms with Gasteiger partial charge in [-0.1, -0.05) is 17.7 Å². The number of likely N-dealkylation sites (N-methyl/N-ethyl adjacent to an activating group) is 1. The quantitative estimate of drug-likeness (QED) is 0.859. The van der Waals surface area contributed by atoms with Crippen LogP contribution in [0.15, 0.2) is 18.2 Å². The van der Waals surface area contributed by atoms with Crippen LogP contribution in [0.2, 0.25) is 5.02 Å². The maximum Gasteiger partial charge on any atom is 0.417 e. The van der Waals surface area contributed by atoms with E-state index < -0.39 is 17.9 Å². The number of rotatable bonds is 4. The topological polar surface area (TPSA) is 15.3 Å². The van der Waals surface area contributed by atoms with Gasteiger partial charge in [-0.05, 0) is 24.7 Å². The number of nitrogens with zero attached hydrogens (tertiary/aromatic N) is 1. The van der Waals surface area contributed by atoms with Crippen molar-refractivity contribution in [3.63, 3.8) is 0 Å². The zero-order valence-corrected chi connectivity index (χ0v) is 11.6. The van der Waals surface area contributed by atoms with Gasteiger partial charge >= 0.3 is 6.18 Å². The van der Waals surface area contributed by atoms with E-state index in [2.05, 4.69) is 5.32 Å². The Balaban J connectivity index is 2.17. The molecule has 1 heterocycles. The van der Waals surface area contributed by atoms with Gasteiger partial charge in [-0.2, -0.15) is 13.2 Å². The predicted molar refractivity (Wildman–Crippen MR) is 69.6 cm³/mol. The Morgan fingerprint density at radius 2 is 2.05 bits per heavy atom. The molecule has 0 saturated carbocycles. The zero-order chi connectivity index (χ0) is 14.9. The Kier molecular flexibility index (Phi) is 4.56. The van der Waals surface area contributed by atoms with Gasteiger partial charge in [0.2, 0.25) is 0 Å². The van der Waals surface area contributed by atoms with E-state index in [1.54, 1.807) is 13.1 Å². The van der Waals surface area contributed by atoms with E-state index in [1.165, 1.54) is 6.07 Å². The SMILES string of the molecule is CNC(CN1CC(F)C1)c1ccc(Cl)c(C(F)(F)F)c1. The molecule has 1 unspecified atom stereocenters. The van der Waals surface area contributed by atoms with E-state index in [9.17, 15) is 17.6 Å². The number of likely N-dealkylation sites (tertiary alicyclic amines) is 1. The second-order valence-corrected chi connectivity index (χ2v) is 5.30. The maximum absolute atomic E-state index is 12.8. The number of nitrogens with one attached hydrogen (secondary N) is 1. The number of benzene rings is 1. The van der Waals surface area contributed by atoms with E-state index in [0.29, 0.717) is 25.2 Å². The van der Waals surface area contributed by atoms with Crippen LogP contribution in [-0.4, -0.2) is 37.8 Å². The molecule has 1 N–H and O–H groups in total. The fraction of sp³-hybridized carbons (Fsp3) is 0.538. The maximum atomic E-state index is 12.8. The van der Waals surface area contributed by atoms with Crippen LogP contribution in [0.3, 0.4) is 0 Å². The van der Waals surface area contributed by atoms with Crippen LogP contribution in [0.25, 0.3) is 0 Å². The third-order valence-electron chi connectivity index (χ3n) is 3.40.